The number of benzene rings is 2. The van der Waals surface area contributed by atoms with E-state index in [1.54, 1.807) is 12.1 Å². The molecule has 0 atom stereocenters. The lowest BCUT2D eigenvalue weighted by Crippen LogP contribution is -2.14. The molecule has 9 heteroatoms. The predicted molar refractivity (Wildman–Crippen MR) is 86.3 cm³/mol. The number of rotatable bonds is 6. The zero-order valence-corrected chi connectivity index (χ0v) is 14.2. The van der Waals surface area contributed by atoms with Gasteiger partial charge in [-0.05, 0) is 48.4 Å². The smallest absolute Gasteiger partial charge is 0.280 e. The van der Waals surface area contributed by atoms with Crippen molar-refractivity contribution < 1.29 is 25.6 Å². The molecule has 0 saturated carbocycles. The number of hydrogen-bond donors (Lipinski definition) is 1. The molecule has 0 unspecified atom stereocenters. The van der Waals surface area contributed by atoms with Crippen LogP contribution in [0.4, 0.5) is 14.5 Å². The molecule has 2 aromatic rings. The highest BCUT2D eigenvalue weighted by Gasteiger charge is 2.26. The van der Waals surface area contributed by atoms with Crippen LogP contribution in [0.1, 0.15) is 12.5 Å². The summed E-state index contributed by atoms with van der Waals surface area (Å²) in [4.78, 5) is -0.531. The molecule has 0 heterocycles. The van der Waals surface area contributed by atoms with Crippen molar-refractivity contribution in [2.75, 3.05) is 4.72 Å². The van der Waals surface area contributed by atoms with Gasteiger partial charge in [0.15, 0.2) is 0 Å². The molecular weight excluding hydrogens is 360 g/mol. The van der Waals surface area contributed by atoms with Gasteiger partial charge in [-0.15, -0.1) is 0 Å². The maximum Gasteiger partial charge on any atom is 0.341 e. The van der Waals surface area contributed by atoms with Crippen molar-refractivity contribution in [3.05, 3.63) is 54.1 Å². The Bertz CT molecular complexity index is 907. The molecule has 24 heavy (non-hydrogen) atoms. The molecular formula is C15H15F2NO4S2. The van der Waals surface area contributed by atoms with Crippen molar-refractivity contribution in [1.82, 2.24) is 0 Å². The van der Waals surface area contributed by atoms with Crippen LogP contribution < -0.4 is 4.72 Å². The van der Waals surface area contributed by atoms with Gasteiger partial charge in [0, 0.05) is 5.69 Å². The second-order valence-electron chi connectivity index (χ2n) is 4.93. The van der Waals surface area contributed by atoms with E-state index in [0.29, 0.717) is 0 Å². The van der Waals surface area contributed by atoms with Gasteiger partial charge in [0.25, 0.3) is 10.0 Å². The summed E-state index contributed by atoms with van der Waals surface area (Å²) in [5.74, 6) is -3.53. The molecule has 1 N–H and O–H groups in total. The fraction of sp³-hybridized carbons (Fsp3) is 0.200. The molecule has 0 aliphatic carbocycles. The van der Waals surface area contributed by atoms with Crippen LogP contribution in [-0.2, 0) is 26.3 Å². The van der Waals surface area contributed by atoms with Crippen molar-refractivity contribution in [3.63, 3.8) is 0 Å². The van der Waals surface area contributed by atoms with Gasteiger partial charge in [-0.2, -0.15) is 8.78 Å². The maximum absolute atomic E-state index is 12.5. The Hall–Kier alpha value is -2.00. The van der Waals surface area contributed by atoms with E-state index in [1.165, 1.54) is 12.1 Å². The third kappa shape index (κ3) is 3.90. The molecule has 0 amide bonds. The van der Waals surface area contributed by atoms with Crippen LogP contribution in [0.15, 0.2) is 58.3 Å². The minimum Gasteiger partial charge on any atom is -0.280 e. The second kappa shape index (κ2) is 6.86. The summed E-state index contributed by atoms with van der Waals surface area (Å²) >= 11 is 0. The lowest BCUT2D eigenvalue weighted by atomic mass is 10.2. The van der Waals surface area contributed by atoms with Crippen LogP contribution in [0.25, 0.3) is 0 Å². The highest BCUT2D eigenvalue weighted by atomic mass is 32.2. The van der Waals surface area contributed by atoms with Crippen molar-refractivity contribution in [2.24, 2.45) is 0 Å². The minimum absolute atomic E-state index is 0.0454. The van der Waals surface area contributed by atoms with Gasteiger partial charge in [-0.25, -0.2) is 16.8 Å². The number of aryl methyl sites for hydroxylation is 1. The summed E-state index contributed by atoms with van der Waals surface area (Å²) in [6, 6.07) is 10.4. The van der Waals surface area contributed by atoms with Gasteiger partial charge in [0.1, 0.15) is 0 Å². The van der Waals surface area contributed by atoms with Gasteiger partial charge in [0.05, 0.1) is 9.79 Å². The van der Waals surface area contributed by atoms with E-state index < -0.39 is 30.5 Å². The van der Waals surface area contributed by atoms with Gasteiger partial charge in [-0.1, -0.05) is 19.1 Å². The summed E-state index contributed by atoms with van der Waals surface area (Å²) in [5, 5.41) is 0. The number of hydrogen-bond acceptors (Lipinski definition) is 4. The number of halogens is 2. The zero-order valence-electron chi connectivity index (χ0n) is 12.6. The molecule has 5 nitrogen and oxygen atoms in total. The third-order valence-electron chi connectivity index (χ3n) is 3.31. The van der Waals surface area contributed by atoms with Crippen LogP contribution in [0.2, 0.25) is 0 Å². The second-order valence-corrected chi connectivity index (χ2v) is 8.53. The Morgan fingerprint density at radius 1 is 0.875 bits per heavy atom. The summed E-state index contributed by atoms with van der Waals surface area (Å²) in [6.45, 7) is 1.94. The summed E-state index contributed by atoms with van der Waals surface area (Å²) in [6.07, 6.45) is 0.772. The Kier molecular flexibility index (Phi) is 5.24. The minimum atomic E-state index is -4.71. The first-order valence-electron chi connectivity index (χ1n) is 6.90. The van der Waals surface area contributed by atoms with Crippen LogP contribution in [0, 0.1) is 0 Å². The molecule has 2 rings (SSSR count). The quantitative estimate of drug-likeness (QED) is 0.842. The van der Waals surface area contributed by atoms with E-state index in [9.17, 15) is 25.6 Å². The van der Waals surface area contributed by atoms with Gasteiger partial charge in [-0.3, -0.25) is 4.72 Å². The van der Waals surface area contributed by atoms with Gasteiger partial charge < -0.3 is 0 Å². The normalized spacial score (nSPS) is 12.3. The molecule has 0 aliphatic heterocycles. The van der Waals surface area contributed by atoms with Crippen LogP contribution in [0.5, 0.6) is 0 Å². The molecule has 0 aliphatic rings. The highest BCUT2D eigenvalue weighted by Crippen LogP contribution is 2.22. The summed E-state index contributed by atoms with van der Waals surface area (Å²) < 4.78 is 74.3. The topological polar surface area (TPSA) is 80.3 Å². The van der Waals surface area contributed by atoms with E-state index in [-0.39, 0.29) is 10.6 Å². The van der Waals surface area contributed by atoms with Crippen LogP contribution in [0.3, 0.4) is 0 Å². The van der Waals surface area contributed by atoms with E-state index in [4.69, 9.17) is 0 Å². The van der Waals surface area contributed by atoms with Gasteiger partial charge >= 0.3 is 5.76 Å². The van der Waals surface area contributed by atoms with E-state index >= 15 is 0 Å². The first-order chi connectivity index (χ1) is 11.2. The predicted octanol–water partition coefficient (Wildman–Crippen LogP) is 3.05. The van der Waals surface area contributed by atoms with Crippen LogP contribution >= 0.6 is 0 Å². The van der Waals surface area contributed by atoms with E-state index in [2.05, 4.69) is 4.72 Å². The monoisotopic (exact) mass is 375 g/mol. The van der Waals surface area contributed by atoms with Crippen molar-refractivity contribution in [2.45, 2.75) is 28.9 Å². The fourth-order valence-electron chi connectivity index (χ4n) is 1.93. The van der Waals surface area contributed by atoms with Crippen molar-refractivity contribution in [3.8, 4) is 0 Å². The summed E-state index contributed by atoms with van der Waals surface area (Å²) in [5.41, 5.74) is 1.05. The molecule has 0 aromatic heterocycles. The fourth-order valence-corrected chi connectivity index (χ4v) is 3.71. The summed E-state index contributed by atoms with van der Waals surface area (Å²) in [7, 11) is -8.56. The molecule has 2 aromatic carbocycles. The molecule has 130 valence electrons. The van der Waals surface area contributed by atoms with E-state index in [0.717, 1.165) is 36.2 Å². The standard InChI is InChI=1S/C15H15F2NO4S2/c1-2-11-3-7-14(8-4-11)24(21,22)18-12-5-9-13(10-6-12)23(19,20)15(16)17/h3-10,15,18H,2H2,1H3. The molecule has 0 bridgehead atoms. The molecule has 0 spiro atoms. The van der Waals surface area contributed by atoms with Crippen molar-refractivity contribution in [1.29, 1.82) is 0 Å². The number of sulfone groups is 1. The third-order valence-corrected chi connectivity index (χ3v) is 6.11. The average molecular weight is 375 g/mol. The number of sulfonamides is 1. The van der Waals surface area contributed by atoms with Crippen LogP contribution in [-0.4, -0.2) is 22.6 Å². The van der Waals surface area contributed by atoms with Crippen molar-refractivity contribution >= 4 is 25.5 Å². The lowest BCUT2D eigenvalue weighted by molar-refractivity contribution is 0.234. The SMILES string of the molecule is CCc1ccc(S(=O)(=O)Nc2ccc(S(=O)(=O)C(F)F)cc2)cc1. The van der Waals surface area contributed by atoms with E-state index in [1.807, 2.05) is 6.92 Å². The first-order valence-corrected chi connectivity index (χ1v) is 9.93. The number of nitrogens with one attached hydrogen (secondary N) is 1. The van der Waals surface area contributed by atoms with Gasteiger partial charge in [0.2, 0.25) is 9.84 Å². The lowest BCUT2D eigenvalue weighted by Gasteiger charge is -2.09. The molecule has 0 saturated heterocycles. The number of anilines is 1. The Morgan fingerprint density at radius 2 is 1.38 bits per heavy atom. The highest BCUT2D eigenvalue weighted by molar-refractivity contribution is 7.92. The molecule has 0 fully saturated rings. The average Bonchev–Trinajstić information content (AvgIpc) is 2.55. The Morgan fingerprint density at radius 3 is 1.83 bits per heavy atom. The maximum atomic E-state index is 12.5. The molecule has 0 radical (unpaired) electrons. The zero-order chi connectivity index (χ0) is 18.0. The Balaban J connectivity index is 2.24. The first kappa shape index (κ1) is 18.3. The Labute approximate surface area is 139 Å². The largest absolute Gasteiger partial charge is 0.341 e. The number of alkyl halides is 2.